The van der Waals surface area contributed by atoms with Crippen molar-refractivity contribution in [3.8, 4) is 11.5 Å². The van der Waals surface area contributed by atoms with Gasteiger partial charge in [0.15, 0.2) is 5.69 Å². The number of halogens is 1. The van der Waals surface area contributed by atoms with Gasteiger partial charge in [-0.25, -0.2) is 14.8 Å². The second-order valence-electron chi connectivity index (χ2n) is 7.13. The molecular formula is C22H29ClN4O4. The maximum Gasteiger partial charge on any atom is 0.358 e. The highest BCUT2D eigenvalue weighted by molar-refractivity contribution is 6.33. The Morgan fingerprint density at radius 2 is 1.77 bits per heavy atom. The summed E-state index contributed by atoms with van der Waals surface area (Å²) in [6.07, 6.45) is 5.03. The zero-order valence-corrected chi connectivity index (χ0v) is 18.9. The molecule has 0 spiro atoms. The number of ether oxygens (including phenoxy) is 3. The van der Waals surface area contributed by atoms with Gasteiger partial charge in [0.05, 0.1) is 32.7 Å². The zero-order valence-electron chi connectivity index (χ0n) is 18.2. The van der Waals surface area contributed by atoms with Crippen LogP contribution in [-0.2, 0) is 11.3 Å². The highest BCUT2D eigenvalue weighted by Gasteiger charge is 2.24. The van der Waals surface area contributed by atoms with E-state index in [4.69, 9.17) is 25.8 Å². The summed E-state index contributed by atoms with van der Waals surface area (Å²) in [7, 11) is 1.33. The maximum absolute atomic E-state index is 11.7. The molecule has 0 aliphatic carbocycles. The Hall–Kier alpha value is -2.58. The van der Waals surface area contributed by atoms with Crippen molar-refractivity contribution in [1.29, 1.82) is 0 Å². The number of piperidine rings is 1. The molecule has 3 rings (SSSR count). The summed E-state index contributed by atoms with van der Waals surface area (Å²) in [5.74, 6) is 1.39. The quantitative estimate of drug-likeness (QED) is 0.583. The minimum absolute atomic E-state index is 0.181. The number of anilines is 1. The Morgan fingerprint density at radius 1 is 1.13 bits per heavy atom. The average molecular weight is 449 g/mol. The van der Waals surface area contributed by atoms with Gasteiger partial charge >= 0.3 is 5.97 Å². The van der Waals surface area contributed by atoms with Crippen LogP contribution in [-0.4, -0.2) is 55.4 Å². The van der Waals surface area contributed by atoms with Gasteiger partial charge in [0, 0.05) is 12.6 Å². The standard InChI is InChI=1S/C22H29ClN4O4/c1-4-30-18-10-15(11-19(21(18)23)31-5-2)14-27(16-6-8-24-9-7-16)20-13-25-17(12-26-20)22(28)29-3/h10-13,16,24H,4-9,14H2,1-3H3. The molecule has 1 N–H and O–H groups in total. The van der Waals surface area contributed by atoms with Crippen molar-refractivity contribution in [2.45, 2.75) is 39.3 Å². The minimum Gasteiger partial charge on any atom is -0.492 e. The number of carbonyl (C=O) groups is 1. The molecule has 0 bridgehead atoms. The van der Waals surface area contributed by atoms with Gasteiger partial charge in [-0.1, -0.05) is 11.6 Å². The fourth-order valence-electron chi connectivity index (χ4n) is 3.63. The second kappa shape index (κ2) is 11.2. The van der Waals surface area contributed by atoms with Crippen LogP contribution in [0.2, 0.25) is 5.02 Å². The number of benzene rings is 1. The van der Waals surface area contributed by atoms with Crippen LogP contribution in [0.5, 0.6) is 11.5 Å². The summed E-state index contributed by atoms with van der Waals surface area (Å²) in [5, 5.41) is 3.87. The summed E-state index contributed by atoms with van der Waals surface area (Å²) < 4.78 is 16.2. The number of nitrogens with one attached hydrogen (secondary N) is 1. The molecule has 0 atom stereocenters. The number of hydrogen-bond donors (Lipinski definition) is 1. The lowest BCUT2D eigenvalue weighted by Gasteiger charge is -2.35. The van der Waals surface area contributed by atoms with E-state index >= 15 is 0 Å². The van der Waals surface area contributed by atoms with Crippen molar-refractivity contribution >= 4 is 23.4 Å². The SMILES string of the molecule is CCOc1cc(CN(c2cnc(C(=O)OC)cn2)C2CCNCC2)cc(OCC)c1Cl. The lowest BCUT2D eigenvalue weighted by molar-refractivity contribution is 0.0593. The summed E-state index contributed by atoms with van der Waals surface area (Å²) in [6.45, 7) is 7.30. The number of carbonyl (C=O) groups excluding carboxylic acids is 1. The van der Waals surface area contributed by atoms with Gasteiger partial charge in [0.1, 0.15) is 22.3 Å². The van der Waals surface area contributed by atoms with Gasteiger partial charge in [-0.3, -0.25) is 0 Å². The third-order valence-corrected chi connectivity index (χ3v) is 5.47. The number of aromatic nitrogens is 2. The Bertz CT molecular complexity index is 845. The predicted octanol–water partition coefficient (Wildman–Crippen LogP) is 3.47. The lowest BCUT2D eigenvalue weighted by atomic mass is 10.0. The topological polar surface area (TPSA) is 85.8 Å². The predicted molar refractivity (Wildman–Crippen MR) is 119 cm³/mol. The van der Waals surface area contributed by atoms with Crippen molar-refractivity contribution in [1.82, 2.24) is 15.3 Å². The van der Waals surface area contributed by atoms with Crippen molar-refractivity contribution in [3.05, 3.63) is 40.8 Å². The molecule has 1 saturated heterocycles. The molecule has 168 valence electrons. The number of nitrogens with zero attached hydrogens (tertiary/aromatic N) is 3. The highest BCUT2D eigenvalue weighted by atomic mass is 35.5. The molecule has 1 aromatic carbocycles. The first-order valence-electron chi connectivity index (χ1n) is 10.5. The van der Waals surface area contributed by atoms with E-state index < -0.39 is 5.97 Å². The van der Waals surface area contributed by atoms with E-state index in [9.17, 15) is 4.79 Å². The van der Waals surface area contributed by atoms with E-state index in [-0.39, 0.29) is 11.7 Å². The van der Waals surface area contributed by atoms with Gasteiger partial charge in [0.2, 0.25) is 0 Å². The molecule has 1 aromatic heterocycles. The van der Waals surface area contributed by atoms with Crippen molar-refractivity contribution < 1.29 is 19.0 Å². The molecule has 1 aliphatic rings. The van der Waals surface area contributed by atoms with Crippen LogP contribution < -0.4 is 19.7 Å². The third-order valence-electron chi connectivity index (χ3n) is 5.09. The van der Waals surface area contributed by atoms with E-state index in [0.717, 1.165) is 31.5 Å². The van der Waals surface area contributed by atoms with E-state index in [1.807, 2.05) is 26.0 Å². The summed E-state index contributed by atoms with van der Waals surface area (Å²) in [6, 6.07) is 4.17. The van der Waals surface area contributed by atoms with Crippen LogP contribution in [0.1, 0.15) is 42.7 Å². The fourth-order valence-corrected chi connectivity index (χ4v) is 3.85. The molecule has 2 heterocycles. The van der Waals surface area contributed by atoms with Gasteiger partial charge in [-0.05, 0) is 57.5 Å². The first-order chi connectivity index (χ1) is 15.1. The number of esters is 1. The Labute approximate surface area is 187 Å². The average Bonchev–Trinajstić information content (AvgIpc) is 2.81. The molecule has 1 aliphatic heterocycles. The van der Waals surface area contributed by atoms with E-state index in [0.29, 0.717) is 42.1 Å². The summed E-state index contributed by atoms with van der Waals surface area (Å²) in [5.41, 5.74) is 1.17. The lowest BCUT2D eigenvalue weighted by Crippen LogP contribution is -2.43. The summed E-state index contributed by atoms with van der Waals surface area (Å²) >= 11 is 6.46. The molecule has 0 radical (unpaired) electrons. The maximum atomic E-state index is 11.7. The van der Waals surface area contributed by atoms with Crippen LogP contribution in [0.15, 0.2) is 24.5 Å². The van der Waals surface area contributed by atoms with E-state index in [2.05, 4.69) is 20.2 Å². The molecule has 0 saturated carbocycles. The Balaban J connectivity index is 1.94. The number of methoxy groups -OCH3 is 1. The van der Waals surface area contributed by atoms with Crippen LogP contribution >= 0.6 is 11.6 Å². The molecule has 31 heavy (non-hydrogen) atoms. The van der Waals surface area contributed by atoms with Crippen LogP contribution in [0.25, 0.3) is 0 Å². The van der Waals surface area contributed by atoms with Crippen molar-refractivity contribution in [3.63, 3.8) is 0 Å². The molecule has 2 aromatic rings. The molecular weight excluding hydrogens is 420 g/mol. The van der Waals surface area contributed by atoms with Gasteiger partial charge in [0.25, 0.3) is 0 Å². The van der Waals surface area contributed by atoms with Crippen LogP contribution in [0, 0.1) is 0 Å². The van der Waals surface area contributed by atoms with E-state index in [1.165, 1.54) is 13.3 Å². The smallest absolute Gasteiger partial charge is 0.358 e. The van der Waals surface area contributed by atoms with Gasteiger partial charge in [-0.2, -0.15) is 0 Å². The normalized spacial score (nSPS) is 14.2. The van der Waals surface area contributed by atoms with Crippen molar-refractivity contribution in [2.75, 3.05) is 38.3 Å². The Morgan fingerprint density at radius 3 is 2.29 bits per heavy atom. The third kappa shape index (κ3) is 5.77. The second-order valence-corrected chi connectivity index (χ2v) is 7.51. The Kier molecular flexibility index (Phi) is 8.31. The summed E-state index contributed by atoms with van der Waals surface area (Å²) in [4.78, 5) is 22.7. The molecule has 0 amide bonds. The molecule has 0 unspecified atom stereocenters. The van der Waals surface area contributed by atoms with Crippen molar-refractivity contribution in [2.24, 2.45) is 0 Å². The van der Waals surface area contributed by atoms with E-state index in [1.54, 1.807) is 6.20 Å². The highest BCUT2D eigenvalue weighted by Crippen LogP contribution is 2.37. The monoisotopic (exact) mass is 448 g/mol. The van der Waals surface area contributed by atoms with Crippen LogP contribution in [0.3, 0.4) is 0 Å². The minimum atomic E-state index is -0.507. The fraction of sp³-hybridized carbons (Fsp3) is 0.500. The number of hydrogen-bond acceptors (Lipinski definition) is 8. The largest absolute Gasteiger partial charge is 0.492 e. The number of rotatable bonds is 9. The van der Waals surface area contributed by atoms with Gasteiger partial charge in [-0.15, -0.1) is 0 Å². The first-order valence-corrected chi connectivity index (χ1v) is 10.9. The molecule has 8 nitrogen and oxygen atoms in total. The van der Waals surface area contributed by atoms with Gasteiger partial charge < -0.3 is 24.4 Å². The molecule has 1 fully saturated rings. The zero-order chi connectivity index (χ0) is 22.2. The molecule has 9 heteroatoms. The van der Waals surface area contributed by atoms with Crippen LogP contribution in [0.4, 0.5) is 5.82 Å². The first kappa shape index (κ1) is 23.1.